The molecule has 6 heteroatoms. The van der Waals surface area contributed by atoms with Crippen molar-refractivity contribution in [2.75, 3.05) is 13.7 Å². The number of ether oxygens (including phenoxy) is 2. The molecule has 1 rings (SSSR count). The van der Waals surface area contributed by atoms with Crippen molar-refractivity contribution in [1.82, 2.24) is 5.32 Å². The van der Waals surface area contributed by atoms with Crippen LogP contribution in [0.2, 0.25) is 0 Å². The molecule has 0 heterocycles. The van der Waals surface area contributed by atoms with Crippen LogP contribution < -0.4 is 5.32 Å². The van der Waals surface area contributed by atoms with Gasteiger partial charge in [-0.2, -0.15) is 0 Å². The van der Waals surface area contributed by atoms with Gasteiger partial charge in [0.2, 0.25) is 5.91 Å². The minimum atomic E-state index is -0.681. The van der Waals surface area contributed by atoms with E-state index in [1.807, 2.05) is 0 Å². The number of esters is 2. The maximum atomic E-state index is 11.8. The van der Waals surface area contributed by atoms with Gasteiger partial charge in [0.15, 0.2) is 0 Å². The molecule has 0 aromatic heterocycles. The first-order chi connectivity index (χ1) is 10.1. The monoisotopic (exact) mass is 299 g/mol. The molecule has 0 unspecified atom stereocenters. The van der Waals surface area contributed by atoms with Crippen molar-refractivity contribution >= 4 is 17.8 Å². The Morgan fingerprint density at radius 1 is 1.19 bits per heavy atom. The number of amides is 1. The molecule has 1 N–H and O–H groups in total. The largest absolute Gasteiger partial charge is 0.467 e. The van der Waals surface area contributed by atoms with E-state index in [0.29, 0.717) is 12.3 Å². The molecule has 0 saturated heterocycles. The van der Waals surface area contributed by atoms with Crippen LogP contribution >= 0.6 is 0 Å². The van der Waals surface area contributed by atoms with Crippen molar-refractivity contribution < 1.29 is 23.9 Å². The van der Waals surface area contributed by atoms with Crippen molar-refractivity contribution in [2.45, 2.75) is 57.9 Å². The zero-order valence-electron chi connectivity index (χ0n) is 12.9. The zero-order chi connectivity index (χ0) is 15.7. The molecule has 0 bridgehead atoms. The van der Waals surface area contributed by atoms with Crippen LogP contribution in [-0.4, -0.2) is 37.6 Å². The second-order valence-electron chi connectivity index (χ2n) is 5.36. The fourth-order valence-corrected chi connectivity index (χ4v) is 2.70. The van der Waals surface area contributed by atoms with Gasteiger partial charge in [0.25, 0.3) is 0 Å². The van der Waals surface area contributed by atoms with Gasteiger partial charge in [0.1, 0.15) is 12.5 Å². The van der Waals surface area contributed by atoms with Gasteiger partial charge < -0.3 is 14.8 Å². The average Bonchev–Trinajstić information content (AvgIpc) is 2.47. The second kappa shape index (κ2) is 9.37. The van der Waals surface area contributed by atoms with E-state index in [2.05, 4.69) is 5.32 Å². The van der Waals surface area contributed by atoms with Gasteiger partial charge in [0, 0.05) is 0 Å². The molecule has 0 aromatic rings. The van der Waals surface area contributed by atoms with Crippen molar-refractivity contribution in [3.05, 3.63) is 0 Å². The summed E-state index contributed by atoms with van der Waals surface area (Å²) in [6.45, 7) is 1.91. The lowest BCUT2D eigenvalue weighted by molar-refractivity contribution is -0.149. The quantitative estimate of drug-likeness (QED) is 0.570. The molecule has 1 fully saturated rings. The molecule has 1 saturated carbocycles. The van der Waals surface area contributed by atoms with Gasteiger partial charge in [-0.15, -0.1) is 0 Å². The van der Waals surface area contributed by atoms with Crippen LogP contribution in [0, 0.1) is 5.92 Å². The third-order valence-electron chi connectivity index (χ3n) is 3.72. The Hall–Kier alpha value is -1.59. The Morgan fingerprint density at radius 2 is 1.86 bits per heavy atom. The highest BCUT2D eigenvalue weighted by Crippen LogP contribution is 2.27. The second-order valence-corrected chi connectivity index (χ2v) is 5.36. The lowest BCUT2D eigenvalue weighted by Gasteiger charge is -2.25. The summed E-state index contributed by atoms with van der Waals surface area (Å²) >= 11 is 0. The average molecular weight is 299 g/mol. The van der Waals surface area contributed by atoms with Crippen LogP contribution in [-0.2, 0) is 23.9 Å². The maximum absolute atomic E-state index is 11.8. The van der Waals surface area contributed by atoms with E-state index in [1.54, 1.807) is 6.92 Å². The predicted molar refractivity (Wildman–Crippen MR) is 76.4 cm³/mol. The van der Waals surface area contributed by atoms with Crippen LogP contribution in [0.4, 0.5) is 0 Å². The number of carbonyl (C=O) groups excluding carboxylic acids is 3. The van der Waals surface area contributed by atoms with E-state index in [1.165, 1.54) is 13.5 Å². The van der Waals surface area contributed by atoms with Crippen molar-refractivity contribution in [1.29, 1.82) is 0 Å². The summed E-state index contributed by atoms with van der Waals surface area (Å²) in [6.07, 6.45) is 5.90. The van der Waals surface area contributed by atoms with E-state index in [4.69, 9.17) is 9.47 Å². The third kappa shape index (κ3) is 6.60. The summed E-state index contributed by atoms with van der Waals surface area (Å²) in [5, 5.41) is 2.59. The molecular weight excluding hydrogens is 274 g/mol. The molecule has 1 atom stereocenters. The van der Waals surface area contributed by atoms with E-state index >= 15 is 0 Å². The fraction of sp³-hybridized carbons (Fsp3) is 0.800. The van der Waals surface area contributed by atoms with Gasteiger partial charge in [-0.3, -0.25) is 9.59 Å². The Bertz CT molecular complexity index is 363. The normalized spacial score (nSPS) is 16.9. The first-order valence-electron chi connectivity index (χ1n) is 7.59. The minimum Gasteiger partial charge on any atom is -0.467 e. The molecule has 1 amide bonds. The topological polar surface area (TPSA) is 81.7 Å². The third-order valence-corrected chi connectivity index (χ3v) is 3.72. The van der Waals surface area contributed by atoms with Crippen LogP contribution in [0.5, 0.6) is 0 Å². The van der Waals surface area contributed by atoms with Crippen LogP contribution in [0.3, 0.4) is 0 Å². The Morgan fingerprint density at radius 3 is 2.43 bits per heavy atom. The molecule has 1 aliphatic carbocycles. The molecular formula is C15H25NO5. The van der Waals surface area contributed by atoms with Gasteiger partial charge in [-0.25, -0.2) is 4.79 Å². The number of nitrogens with one attached hydrogen (secondary N) is 1. The summed E-state index contributed by atoms with van der Waals surface area (Å²) < 4.78 is 9.45. The van der Waals surface area contributed by atoms with E-state index < -0.39 is 23.9 Å². The Balaban J connectivity index is 2.50. The highest BCUT2D eigenvalue weighted by atomic mass is 16.5. The van der Waals surface area contributed by atoms with E-state index in [9.17, 15) is 14.4 Å². The first kappa shape index (κ1) is 17.5. The summed E-state index contributed by atoms with van der Waals surface area (Å²) in [7, 11) is 1.30. The molecule has 0 radical (unpaired) electrons. The number of hydrogen-bond acceptors (Lipinski definition) is 5. The van der Waals surface area contributed by atoms with E-state index in [-0.39, 0.29) is 13.0 Å². The fourth-order valence-electron chi connectivity index (χ4n) is 2.70. The summed E-state index contributed by atoms with van der Waals surface area (Å²) in [5.41, 5.74) is 0. The van der Waals surface area contributed by atoms with Crippen molar-refractivity contribution in [2.24, 2.45) is 5.92 Å². The van der Waals surface area contributed by atoms with Gasteiger partial charge in [0.05, 0.1) is 13.7 Å². The van der Waals surface area contributed by atoms with Crippen LogP contribution in [0.15, 0.2) is 0 Å². The first-order valence-corrected chi connectivity index (χ1v) is 7.59. The van der Waals surface area contributed by atoms with Gasteiger partial charge >= 0.3 is 11.9 Å². The molecule has 1 aliphatic rings. The standard InChI is InChI=1S/C15H25NO5/c1-3-21-14(18)10-13(17)16-12(15(19)20-2)9-11-7-5-4-6-8-11/h11-12H,3-10H2,1-2H3,(H,16,17)/t12-/m0/s1. The molecule has 21 heavy (non-hydrogen) atoms. The predicted octanol–water partition coefficient (Wildman–Crippen LogP) is 1.57. The van der Waals surface area contributed by atoms with Gasteiger partial charge in [-0.05, 0) is 19.3 Å². The molecule has 120 valence electrons. The van der Waals surface area contributed by atoms with Crippen molar-refractivity contribution in [3.8, 4) is 0 Å². The number of hydrogen-bond donors (Lipinski definition) is 1. The molecule has 6 nitrogen and oxygen atoms in total. The minimum absolute atomic E-state index is 0.231. The summed E-state index contributed by atoms with van der Waals surface area (Å²) in [5.74, 6) is -1.13. The lowest BCUT2D eigenvalue weighted by Crippen LogP contribution is -2.43. The SMILES string of the molecule is CCOC(=O)CC(=O)N[C@@H](CC1CCCCC1)C(=O)OC. The number of rotatable bonds is 7. The highest BCUT2D eigenvalue weighted by molar-refractivity contribution is 5.96. The summed E-state index contributed by atoms with van der Waals surface area (Å²) in [4.78, 5) is 34.8. The smallest absolute Gasteiger partial charge is 0.328 e. The van der Waals surface area contributed by atoms with Crippen LogP contribution in [0.1, 0.15) is 51.9 Å². The maximum Gasteiger partial charge on any atom is 0.328 e. The van der Waals surface area contributed by atoms with E-state index in [0.717, 1.165) is 25.7 Å². The highest BCUT2D eigenvalue weighted by Gasteiger charge is 2.27. The number of carbonyl (C=O) groups is 3. The van der Waals surface area contributed by atoms with Crippen LogP contribution in [0.25, 0.3) is 0 Å². The zero-order valence-corrected chi connectivity index (χ0v) is 12.9. The van der Waals surface area contributed by atoms with Crippen molar-refractivity contribution in [3.63, 3.8) is 0 Å². The van der Waals surface area contributed by atoms with Gasteiger partial charge in [-0.1, -0.05) is 32.1 Å². The Kier molecular flexibility index (Phi) is 7.79. The molecule has 0 aromatic carbocycles. The lowest BCUT2D eigenvalue weighted by atomic mass is 9.85. The number of methoxy groups -OCH3 is 1. The summed E-state index contributed by atoms with van der Waals surface area (Å²) in [6, 6.07) is -0.681. The molecule has 0 aliphatic heterocycles. The molecule has 0 spiro atoms. The Labute approximate surface area is 125 Å².